The van der Waals surface area contributed by atoms with Crippen molar-refractivity contribution in [3.8, 4) is 5.75 Å². The molecule has 3 nitrogen and oxygen atoms in total. The summed E-state index contributed by atoms with van der Waals surface area (Å²) in [7, 11) is 1.37. The fourth-order valence-electron chi connectivity index (χ4n) is 2.60. The van der Waals surface area contributed by atoms with Gasteiger partial charge in [0.2, 0.25) is 0 Å². The fraction of sp³-hybridized carbons (Fsp3) is 0.435. The van der Waals surface area contributed by atoms with Crippen LogP contribution < -0.4 is 0 Å². The second-order valence-corrected chi connectivity index (χ2v) is 7.20. The highest BCUT2D eigenvalue weighted by Crippen LogP contribution is 2.27. The Morgan fingerprint density at radius 3 is 2.00 bits per heavy atom. The van der Waals surface area contributed by atoms with Crippen molar-refractivity contribution < 1.29 is 14.6 Å². The van der Waals surface area contributed by atoms with Crippen LogP contribution in [0, 0.1) is 0 Å². The number of hydrogen-bond donors (Lipinski definition) is 1. The third-order valence-electron chi connectivity index (χ3n) is 4.18. The summed E-state index contributed by atoms with van der Waals surface area (Å²) < 4.78 is 4.85. The number of rotatable bonds is 8. The second kappa shape index (κ2) is 10.6. The molecule has 0 aliphatic carbocycles. The Hall–Kier alpha value is -2.29. The SMILES string of the molecule is COC(=O)c1cc(CC=C(C)C)c(O)c(C/C=C(\C)CCC=C(C)C)c1. The van der Waals surface area contributed by atoms with Gasteiger partial charge in [-0.25, -0.2) is 4.79 Å². The molecule has 26 heavy (non-hydrogen) atoms. The Labute approximate surface area is 158 Å². The molecular weight excluding hydrogens is 324 g/mol. The molecule has 0 spiro atoms. The number of methoxy groups -OCH3 is 1. The van der Waals surface area contributed by atoms with E-state index in [9.17, 15) is 9.90 Å². The molecule has 0 unspecified atom stereocenters. The second-order valence-electron chi connectivity index (χ2n) is 7.20. The van der Waals surface area contributed by atoms with Crippen LogP contribution in [0.2, 0.25) is 0 Å². The largest absolute Gasteiger partial charge is 0.507 e. The van der Waals surface area contributed by atoms with Gasteiger partial charge in [-0.2, -0.15) is 0 Å². The Kier molecular flexibility index (Phi) is 8.91. The topological polar surface area (TPSA) is 46.5 Å². The summed E-state index contributed by atoms with van der Waals surface area (Å²) in [5, 5.41) is 10.6. The van der Waals surface area contributed by atoms with Crippen molar-refractivity contribution in [2.75, 3.05) is 7.11 Å². The average Bonchev–Trinajstić information content (AvgIpc) is 2.58. The highest BCUT2D eigenvalue weighted by atomic mass is 16.5. The number of carbonyl (C=O) groups excluding carboxylic acids is 1. The summed E-state index contributed by atoms with van der Waals surface area (Å²) in [5.41, 5.74) is 5.75. The first-order valence-electron chi connectivity index (χ1n) is 9.10. The van der Waals surface area contributed by atoms with Crippen LogP contribution in [0.5, 0.6) is 5.75 Å². The van der Waals surface area contributed by atoms with Crippen molar-refractivity contribution in [3.63, 3.8) is 0 Å². The van der Waals surface area contributed by atoms with E-state index in [0.717, 1.165) is 24.0 Å². The Morgan fingerprint density at radius 1 is 0.962 bits per heavy atom. The zero-order valence-corrected chi connectivity index (χ0v) is 17.0. The van der Waals surface area contributed by atoms with Gasteiger partial charge in [-0.1, -0.05) is 34.9 Å². The minimum Gasteiger partial charge on any atom is -0.507 e. The molecule has 0 saturated carbocycles. The first-order chi connectivity index (χ1) is 12.2. The van der Waals surface area contributed by atoms with E-state index < -0.39 is 0 Å². The molecule has 0 atom stereocenters. The van der Waals surface area contributed by atoms with Crippen LogP contribution in [0.4, 0.5) is 0 Å². The van der Waals surface area contributed by atoms with Gasteiger partial charge in [0.1, 0.15) is 5.75 Å². The molecule has 0 fully saturated rings. The first-order valence-corrected chi connectivity index (χ1v) is 9.10. The van der Waals surface area contributed by atoms with E-state index in [1.54, 1.807) is 12.1 Å². The summed E-state index contributed by atoms with van der Waals surface area (Å²) in [5.74, 6) is -0.113. The van der Waals surface area contributed by atoms with Crippen LogP contribution in [-0.4, -0.2) is 18.2 Å². The summed E-state index contributed by atoms with van der Waals surface area (Å²) in [6.07, 6.45) is 9.59. The van der Waals surface area contributed by atoms with Crippen LogP contribution in [0.1, 0.15) is 68.9 Å². The summed E-state index contributed by atoms with van der Waals surface area (Å²) in [4.78, 5) is 12.0. The van der Waals surface area contributed by atoms with Crippen molar-refractivity contribution in [1.82, 2.24) is 0 Å². The maximum atomic E-state index is 12.0. The Morgan fingerprint density at radius 2 is 1.50 bits per heavy atom. The minimum absolute atomic E-state index is 0.267. The summed E-state index contributed by atoms with van der Waals surface area (Å²) >= 11 is 0. The molecule has 0 aliphatic heterocycles. The van der Waals surface area contributed by atoms with E-state index in [4.69, 9.17) is 4.74 Å². The van der Waals surface area contributed by atoms with Crippen LogP contribution in [-0.2, 0) is 17.6 Å². The van der Waals surface area contributed by atoms with E-state index in [2.05, 4.69) is 32.9 Å². The van der Waals surface area contributed by atoms with Crippen LogP contribution in [0.25, 0.3) is 0 Å². The lowest BCUT2D eigenvalue weighted by Gasteiger charge is -2.11. The van der Waals surface area contributed by atoms with Gasteiger partial charge in [-0.3, -0.25) is 0 Å². The standard InChI is InChI=1S/C23H32O3/c1-16(2)8-7-9-18(5)11-13-20-15-21(23(25)26-6)14-19(22(20)24)12-10-17(3)4/h8,10-11,14-15,24H,7,9,12-13H2,1-6H3/b18-11+. The molecule has 142 valence electrons. The van der Waals surface area contributed by atoms with Crippen LogP contribution in [0.15, 0.2) is 47.1 Å². The van der Waals surface area contributed by atoms with Gasteiger partial charge < -0.3 is 9.84 Å². The van der Waals surface area contributed by atoms with Gasteiger partial charge in [0, 0.05) is 0 Å². The van der Waals surface area contributed by atoms with Crippen LogP contribution in [0.3, 0.4) is 0 Å². The van der Waals surface area contributed by atoms with Crippen molar-refractivity contribution in [2.24, 2.45) is 0 Å². The van der Waals surface area contributed by atoms with E-state index in [1.165, 1.54) is 23.8 Å². The zero-order valence-electron chi connectivity index (χ0n) is 17.0. The molecule has 1 N–H and O–H groups in total. The van der Waals surface area contributed by atoms with E-state index >= 15 is 0 Å². The molecule has 1 aromatic carbocycles. The minimum atomic E-state index is -0.381. The molecule has 0 saturated heterocycles. The number of benzene rings is 1. The number of hydrogen-bond acceptors (Lipinski definition) is 3. The van der Waals surface area contributed by atoms with Gasteiger partial charge in [0.15, 0.2) is 0 Å². The molecule has 0 heterocycles. The monoisotopic (exact) mass is 356 g/mol. The fourth-order valence-corrected chi connectivity index (χ4v) is 2.60. The number of aromatic hydroxyl groups is 1. The molecule has 0 aromatic heterocycles. The van der Waals surface area contributed by atoms with Crippen molar-refractivity contribution >= 4 is 5.97 Å². The lowest BCUT2D eigenvalue weighted by Crippen LogP contribution is -2.04. The van der Waals surface area contributed by atoms with Crippen molar-refractivity contribution in [3.05, 3.63) is 63.8 Å². The maximum absolute atomic E-state index is 12.0. The number of ether oxygens (including phenoxy) is 1. The molecule has 0 radical (unpaired) electrons. The molecule has 3 heteroatoms. The smallest absolute Gasteiger partial charge is 0.337 e. The Balaban J connectivity index is 3.07. The number of allylic oxidation sites excluding steroid dienone is 6. The van der Waals surface area contributed by atoms with E-state index in [1.807, 2.05) is 19.9 Å². The predicted molar refractivity (Wildman–Crippen MR) is 109 cm³/mol. The van der Waals surface area contributed by atoms with Gasteiger partial charge >= 0.3 is 5.97 Å². The average molecular weight is 357 g/mol. The normalized spacial score (nSPS) is 11.1. The number of esters is 1. The van der Waals surface area contributed by atoms with Crippen LogP contribution >= 0.6 is 0 Å². The van der Waals surface area contributed by atoms with Gasteiger partial charge in [-0.05, 0) is 83.6 Å². The molecule has 0 aliphatic rings. The summed E-state index contributed by atoms with van der Waals surface area (Å²) in [6.45, 7) is 10.3. The van der Waals surface area contributed by atoms with Crippen molar-refractivity contribution in [2.45, 2.75) is 60.3 Å². The molecule has 1 aromatic rings. The first kappa shape index (κ1) is 21.8. The molecule has 0 amide bonds. The highest BCUT2D eigenvalue weighted by molar-refractivity contribution is 5.90. The van der Waals surface area contributed by atoms with E-state index in [0.29, 0.717) is 18.4 Å². The van der Waals surface area contributed by atoms with Gasteiger partial charge in [-0.15, -0.1) is 0 Å². The predicted octanol–water partition coefficient (Wildman–Crippen LogP) is 5.92. The quantitative estimate of drug-likeness (QED) is 0.464. The number of carbonyl (C=O) groups is 1. The molecule has 1 rings (SSSR count). The van der Waals surface area contributed by atoms with Crippen molar-refractivity contribution in [1.29, 1.82) is 0 Å². The molecule has 0 bridgehead atoms. The third-order valence-corrected chi connectivity index (χ3v) is 4.18. The third kappa shape index (κ3) is 7.30. The lowest BCUT2D eigenvalue weighted by molar-refractivity contribution is 0.0600. The summed E-state index contributed by atoms with van der Waals surface area (Å²) in [6, 6.07) is 3.45. The van der Waals surface area contributed by atoms with Gasteiger partial charge in [0.25, 0.3) is 0 Å². The van der Waals surface area contributed by atoms with Gasteiger partial charge in [0.05, 0.1) is 12.7 Å². The Bertz CT molecular complexity index is 713. The number of phenols is 1. The lowest BCUT2D eigenvalue weighted by atomic mass is 9.98. The zero-order chi connectivity index (χ0) is 19.7. The molecular formula is C23H32O3. The highest BCUT2D eigenvalue weighted by Gasteiger charge is 2.14. The van der Waals surface area contributed by atoms with E-state index in [-0.39, 0.29) is 11.7 Å². The maximum Gasteiger partial charge on any atom is 0.337 e. The number of phenolic OH excluding ortho intramolecular Hbond substituents is 1.